The van der Waals surface area contributed by atoms with Gasteiger partial charge in [0.05, 0.1) is 5.02 Å². The Morgan fingerprint density at radius 3 is 2.34 bits per heavy atom. The van der Waals surface area contributed by atoms with Crippen molar-refractivity contribution < 1.29 is 35.2 Å². The Labute approximate surface area is 167 Å². The molecule has 1 aromatic heterocycles. The molecule has 0 bridgehead atoms. The van der Waals surface area contributed by atoms with E-state index in [0.29, 0.717) is 13.0 Å². The number of carbonyl (C=O) groups is 1. The zero-order valence-electron chi connectivity index (χ0n) is 15.2. The Morgan fingerprint density at radius 1 is 1.24 bits per heavy atom. The van der Waals surface area contributed by atoms with Gasteiger partial charge in [0.25, 0.3) is 5.91 Å². The average Bonchev–Trinajstić information content (AvgIpc) is 2.86. The maximum atomic E-state index is 13.4. The highest BCUT2D eigenvalue weighted by molar-refractivity contribution is 7.89. The molecule has 1 aromatic carbocycles. The van der Waals surface area contributed by atoms with E-state index < -0.39 is 49.7 Å². The fourth-order valence-electron chi connectivity index (χ4n) is 2.50. The van der Waals surface area contributed by atoms with E-state index in [1.54, 1.807) is 0 Å². The molecule has 29 heavy (non-hydrogen) atoms. The monoisotopic (exact) mass is 459 g/mol. The molecule has 0 saturated carbocycles. The van der Waals surface area contributed by atoms with Gasteiger partial charge in [-0.25, -0.2) is 17.2 Å². The highest BCUT2D eigenvalue weighted by Gasteiger charge is 2.39. The molecule has 0 aliphatic rings. The number of nitrogens with one attached hydrogen (secondary N) is 2. The van der Waals surface area contributed by atoms with Crippen LogP contribution in [-0.2, 0) is 17.1 Å². The quantitative estimate of drug-likeness (QED) is 0.528. The standard InChI is InChI=1S/C16H15ClF5N3O3S/c1-7-12(29(27,28)24-8(2)16(20,21)22)6-25(3)14(7)15(26)23-9-4-10(17)13(19)11(18)5-9/h4-6,8,24H,1-3H3,(H,23,26). The SMILES string of the molecule is Cc1c(S(=O)(=O)NC(C)C(F)(F)F)cn(C)c1C(=O)Nc1cc(F)c(F)c(Cl)c1. The van der Waals surface area contributed by atoms with Crippen LogP contribution in [0.1, 0.15) is 23.0 Å². The number of anilines is 1. The molecule has 1 unspecified atom stereocenters. The molecule has 0 aliphatic carbocycles. The lowest BCUT2D eigenvalue weighted by molar-refractivity contribution is -0.147. The third-order valence-corrected chi connectivity index (χ3v) is 5.89. The summed E-state index contributed by atoms with van der Waals surface area (Å²) in [4.78, 5) is 12.0. The van der Waals surface area contributed by atoms with Gasteiger partial charge in [0.15, 0.2) is 11.6 Å². The largest absolute Gasteiger partial charge is 0.404 e. The van der Waals surface area contributed by atoms with Crippen molar-refractivity contribution in [3.05, 3.63) is 46.2 Å². The van der Waals surface area contributed by atoms with Gasteiger partial charge >= 0.3 is 6.18 Å². The number of nitrogens with zero attached hydrogens (tertiary/aromatic N) is 1. The number of carbonyl (C=O) groups excluding carboxylic acids is 1. The molecule has 13 heteroatoms. The van der Waals surface area contributed by atoms with Crippen LogP contribution in [0, 0.1) is 18.6 Å². The van der Waals surface area contributed by atoms with Crippen LogP contribution < -0.4 is 10.0 Å². The lowest BCUT2D eigenvalue weighted by Gasteiger charge is -2.17. The summed E-state index contributed by atoms with van der Waals surface area (Å²) in [5.74, 6) is -3.53. The van der Waals surface area contributed by atoms with E-state index in [2.05, 4.69) is 5.32 Å². The van der Waals surface area contributed by atoms with Gasteiger partial charge in [-0.05, 0) is 25.5 Å². The van der Waals surface area contributed by atoms with Crippen molar-refractivity contribution in [1.29, 1.82) is 0 Å². The Morgan fingerprint density at radius 2 is 1.83 bits per heavy atom. The van der Waals surface area contributed by atoms with Crippen molar-refractivity contribution in [3.63, 3.8) is 0 Å². The van der Waals surface area contributed by atoms with Gasteiger partial charge < -0.3 is 9.88 Å². The van der Waals surface area contributed by atoms with Gasteiger partial charge in [-0.3, -0.25) is 4.79 Å². The van der Waals surface area contributed by atoms with Crippen molar-refractivity contribution in [3.8, 4) is 0 Å². The van der Waals surface area contributed by atoms with Crippen molar-refractivity contribution in [2.45, 2.75) is 31.0 Å². The number of rotatable bonds is 5. The third-order valence-electron chi connectivity index (χ3n) is 3.96. The molecular weight excluding hydrogens is 445 g/mol. The van der Waals surface area contributed by atoms with Gasteiger partial charge in [-0.2, -0.15) is 17.9 Å². The smallest absolute Gasteiger partial charge is 0.345 e. The van der Waals surface area contributed by atoms with Crippen LogP contribution in [0.25, 0.3) is 0 Å². The molecular formula is C16H15ClF5N3O3S. The zero-order chi connectivity index (χ0) is 22.3. The molecule has 2 N–H and O–H groups in total. The minimum absolute atomic E-state index is 0.138. The summed E-state index contributed by atoms with van der Waals surface area (Å²) in [6.45, 7) is 1.86. The predicted octanol–water partition coefficient (Wildman–Crippen LogP) is 3.75. The average molecular weight is 460 g/mol. The number of alkyl halides is 3. The number of aryl methyl sites for hydroxylation is 1. The van der Waals surface area contributed by atoms with E-state index in [4.69, 9.17) is 11.6 Å². The van der Waals surface area contributed by atoms with Gasteiger partial charge in [0, 0.05) is 25.0 Å². The van der Waals surface area contributed by atoms with E-state index >= 15 is 0 Å². The van der Waals surface area contributed by atoms with Gasteiger partial charge in [0.1, 0.15) is 16.6 Å². The van der Waals surface area contributed by atoms with Crippen LogP contribution in [0.15, 0.2) is 23.2 Å². The molecule has 160 valence electrons. The zero-order valence-corrected chi connectivity index (χ0v) is 16.7. The molecule has 1 heterocycles. The number of halogens is 6. The molecule has 2 rings (SSSR count). The maximum Gasteiger partial charge on any atom is 0.404 e. The van der Waals surface area contributed by atoms with Crippen molar-refractivity contribution in [2.24, 2.45) is 7.05 Å². The van der Waals surface area contributed by atoms with Crippen molar-refractivity contribution >= 4 is 33.2 Å². The fourth-order valence-corrected chi connectivity index (χ4v) is 4.23. The normalized spacial score (nSPS) is 13.4. The van der Waals surface area contributed by atoms with Crippen molar-refractivity contribution in [2.75, 3.05) is 5.32 Å². The first-order valence-corrected chi connectivity index (χ1v) is 9.72. The summed E-state index contributed by atoms with van der Waals surface area (Å²) in [6.07, 6.45) is -3.84. The first-order chi connectivity index (χ1) is 13.1. The van der Waals surface area contributed by atoms with E-state index in [1.165, 1.54) is 18.7 Å². The molecule has 1 amide bonds. The number of sulfonamides is 1. The Bertz CT molecular complexity index is 1040. The van der Waals surface area contributed by atoms with E-state index in [-0.39, 0.29) is 16.9 Å². The van der Waals surface area contributed by atoms with Gasteiger partial charge in [-0.15, -0.1) is 0 Å². The maximum absolute atomic E-state index is 13.4. The molecule has 0 radical (unpaired) electrons. The lowest BCUT2D eigenvalue weighted by Crippen LogP contribution is -2.43. The number of hydrogen-bond donors (Lipinski definition) is 2. The van der Waals surface area contributed by atoms with Crippen LogP contribution in [-0.4, -0.2) is 31.1 Å². The molecule has 1 atom stereocenters. The number of aromatic nitrogens is 1. The van der Waals surface area contributed by atoms with Crippen LogP contribution in [0.2, 0.25) is 5.02 Å². The summed E-state index contributed by atoms with van der Waals surface area (Å²) in [6, 6.07) is -0.740. The Kier molecular flexibility index (Phi) is 6.31. The second kappa shape index (κ2) is 7.92. The minimum Gasteiger partial charge on any atom is -0.345 e. The number of benzene rings is 1. The topological polar surface area (TPSA) is 80.2 Å². The second-order valence-electron chi connectivity index (χ2n) is 6.17. The van der Waals surface area contributed by atoms with E-state index in [0.717, 1.165) is 16.8 Å². The van der Waals surface area contributed by atoms with Gasteiger partial charge in [0.2, 0.25) is 10.0 Å². The lowest BCUT2D eigenvalue weighted by atomic mass is 10.2. The van der Waals surface area contributed by atoms with Crippen LogP contribution >= 0.6 is 11.6 Å². The molecule has 0 aliphatic heterocycles. The van der Waals surface area contributed by atoms with Crippen LogP contribution in [0.5, 0.6) is 0 Å². The number of hydrogen-bond acceptors (Lipinski definition) is 3. The summed E-state index contributed by atoms with van der Waals surface area (Å²) >= 11 is 5.51. The summed E-state index contributed by atoms with van der Waals surface area (Å²) < 4.78 is 91.9. The predicted molar refractivity (Wildman–Crippen MR) is 95.3 cm³/mol. The Hall–Kier alpha value is -2.18. The molecule has 6 nitrogen and oxygen atoms in total. The fraction of sp³-hybridized carbons (Fsp3) is 0.312. The minimum atomic E-state index is -4.80. The summed E-state index contributed by atoms with van der Waals surface area (Å²) in [7, 11) is -3.30. The van der Waals surface area contributed by atoms with Crippen molar-refractivity contribution in [1.82, 2.24) is 9.29 Å². The summed E-state index contributed by atoms with van der Waals surface area (Å²) in [5, 5.41) is 1.65. The van der Waals surface area contributed by atoms with E-state index in [9.17, 15) is 35.2 Å². The molecule has 2 aromatic rings. The second-order valence-corrected chi connectivity index (χ2v) is 8.26. The Balaban J connectivity index is 2.37. The highest BCUT2D eigenvalue weighted by Crippen LogP contribution is 2.27. The van der Waals surface area contributed by atoms with Crippen LogP contribution in [0.3, 0.4) is 0 Å². The summed E-state index contributed by atoms with van der Waals surface area (Å²) in [5.41, 5.74) is -0.556. The first-order valence-electron chi connectivity index (χ1n) is 7.86. The highest BCUT2D eigenvalue weighted by atomic mass is 35.5. The first kappa shape index (κ1) is 23.1. The molecule has 0 spiro atoms. The molecule has 0 saturated heterocycles. The van der Waals surface area contributed by atoms with Crippen LogP contribution in [0.4, 0.5) is 27.6 Å². The van der Waals surface area contributed by atoms with Gasteiger partial charge in [-0.1, -0.05) is 11.6 Å². The molecule has 0 fully saturated rings. The third kappa shape index (κ3) is 4.87. The van der Waals surface area contributed by atoms with E-state index in [1.807, 2.05) is 0 Å². The number of amides is 1.